The molecule has 0 atom stereocenters. The van der Waals surface area contributed by atoms with E-state index >= 15 is 0 Å². The van der Waals surface area contributed by atoms with Crippen LogP contribution in [0.15, 0.2) is 48.5 Å². The van der Waals surface area contributed by atoms with Crippen molar-refractivity contribution in [1.29, 1.82) is 0 Å². The highest BCUT2D eigenvalue weighted by molar-refractivity contribution is 5.94. The van der Waals surface area contributed by atoms with Crippen molar-refractivity contribution >= 4 is 16.9 Å². The summed E-state index contributed by atoms with van der Waals surface area (Å²) in [5.74, 6) is 1.56. The molecule has 0 saturated carbocycles. The predicted octanol–water partition coefficient (Wildman–Crippen LogP) is 2.72. The SMILES string of the molecule is COc1ccc2c(-c3ccccc3)cc(N3CCNCC3)nc2n1. The maximum atomic E-state index is 5.28. The zero-order chi connectivity index (χ0) is 16.4. The number of ether oxygens (including phenoxy) is 1. The molecular weight excluding hydrogens is 300 g/mol. The van der Waals surface area contributed by atoms with Gasteiger partial charge in [0.25, 0.3) is 0 Å². The van der Waals surface area contributed by atoms with Gasteiger partial charge in [-0.1, -0.05) is 30.3 Å². The van der Waals surface area contributed by atoms with Crippen molar-refractivity contribution in [3.8, 4) is 17.0 Å². The van der Waals surface area contributed by atoms with Crippen molar-refractivity contribution in [2.45, 2.75) is 0 Å². The van der Waals surface area contributed by atoms with Gasteiger partial charge in [0.1, 0.15) is 5.82 Å². The number of anilines is 1. The zero-order valence-corrected chi connectivity index (χ0v) is 13.7. The Hall–Kier alpha value is -2.66. The first-order chi connectivity index (χ1) is 11.8. The van der Waals surface area contributed by atoms with Crippen molar-refractivity contribution in [2.24, 2.45) is 0 Å². The molecule has 4 rings (SSSR count). The van der Waals surface area contributed by atoms with Crippen LogP contribution in [0.5, 0.6) is 5.88 Å². The van der Waals surface area contributed by atoms with E-state index in [-0.39, 0.29) is 0 Å². The molecule has 5 nitrogen and oxygen atoms in total. The van der Waals surface area contributed by atoms with Gasteiger partial charge in [-0.3, -0.25) is 0 Å². The van der Waals surface area contributed by atoms with Crippen LogP contribution in [0.2, 0.25) is 0 Å². The second-order valence-corrected chi connectivity index (χ2v) is 5.86. The number of methoxy groups -OCH3 is 1. The molecule has 3 heterocycles. The summed E-state index contributed by atoms with van der Waals surface area (Å²) in [7, 11) is 1.63. The normalized spacial score (nSPS) is 14.8. The van der Waals surface area contributed by atoms with Gasteiger partial charge in [-0.2, -0.15) is 4.98 Å². The molecule has 1 aromatic carbocycles. The van der Waals surface area contributed by atoms with Crippen molar-refractivity contribution in [1.82, 2.24) is 15.3 Å². The van der Waals surface area contributed by atoms with Gasteiger partial charge in [0, 0.05) is 37.6 Å². The monoisotopic (exact) mass is 320 g/mol. The molecule has 1 saturated heterocycles. The van der Waals surface area contributed by atoms with E-state index in [2.05, 4.69) is 45.5 Å². The van der Waals surface area contributed by atoms with Crippen LogP contribution < -0.4 is 15.0 Å². The summed E-state index contributed by atoms with van der Waals surface area (Å²) in [5.41, 5.74) is 3.06. The van der Waals surface area contributed by atoms with Gasteiger partial charge in [-0.05, 0) is 23.3 Å². The van der Waals surface area contributed by atoms with Gasteiger partial charge in [0.2, 0.25) is 5.88 Å². The highest BCUT2D eigenvalue weighted by atomic mass is 16.5. The lowest BCUT2D eigenvalue weighted by atomic mass is 10.0. The van der Waals surface area contributed by atoms with E-state index in [4.69, 9.17) is 9.72 Å². The number of fused-ring (bicyclic) bond motifs is 1. The molecule has 0 bridgehead atoms. The molecule has 5 heteroatoms. The standard InChI is InChI=1S/C19H20N4O/c1-24-18-8-7-15-16(14-5-3-2-4-6-14)13-17(21-19(15)22-18)23-11-9-20-10-12-23/h2-8,13,20H,9-12H2,1H3. The second-order valence-electron chi connectivity index (χ2n) is 5.86. The number of pyridine rings is 2. The average Bonchev–Trinajstić information content (AvgIpc) is 2.68. The summed E-state index contributed by atoms with van der Waals surface area (Å²) < 4.78 is 5.28. The number of nitrogens with one attached hydrogen (secondary N) is 1. The Morgan fingerprint density at radius 3 is 2.54 bits per heavy atom. The number of aromatic nitrogens is 2. The average molecular weight is 320 g/mol. The second kappa shape index (κ2) is 6.45. The smallest absolute Gasteiger partial charge is 0.215 e. The molecule has 122 valence electrons. The van der Waals surface area contributed by atoms with Gasteiger partial charge >= 0.3 is 0 Å². The highest BCUT2D eigenvalue weighted by Crippen LogP contribution is 2.31. The number of benzene rings is 1. The summed E-state index contributed by atoms with van der Waals surface area (Å²) >= 11 is 0. The summed E-state index contributed by atoms with van der Waals surface area (Å²) in [5, 5.41) is 4.42. The van der Waals surface area contributed by atoms with Crippen LogP contribution in [0, 0.1) is 0 Å². The molecule has 0 unspecified atom stereocenters. The Morgan fingerprint density at radius 2 is 1.79 bits per heavy atom. The Balaban J connectivity index is 1.90. The van der Waals surface area contributed by atoms with E-state index in [0.29, 0.717) is 5.88 Å². The Morgan fingerprint density at radius 1 is 1.00 bits per heavy atom. The fraction of sp³-hybridized carbons (Fsp3) is 0.263. The summed E-state index contributed by atoms with van der Waals surface area (Å²) in [6.45, 7) is 3.87. The fourth-order valence-corrected chi connectivity index (χ4v) is 3.10. The van der Waals surface area contributed by atoms with Crippen molar-refractivity contribution in [2.75, 3.05) is 38.2 Å². The van der Waals surface area contributed by atoms with Crippen molar-refractivity contribution in [3.63, 3.8) is 0 Å². The maximum absolute atomic E-state index is 5.28. The third kappa shape index (κ3) is 2.78. The number of hydrogen-bond acceptors (Lipinski definition) is 5. The molecule has 1 N–H and O–H groups in total. The van der Waals surface area contributed by atoms with Crippen molar-refractivity contribution < 1.29 is 4.74 Å². The van der Waals surface area contributed by atoms with Crippen LogP contribution in [0.4, 0.5) is 5.82 Å². The minimum Gasteiger partial charge on any atom is -0.481 e. The number of hydrogen-bond donors (Lipinski definition) is 1. The number of rotatable bonds is 3. The molecule has 2 aromatic heterocycles. The van der Waals surface area contributed by atoms with E-state index < -0.39 is 0 Å². The van der Waals surface area contributed by atoms with Crippen LogP contribution in [0.3, 0.4) is 0 Å². The lowest BCUT2D eigenvalue weighted by Gasteiger charge is -2.29. The van der Waals surface area contributed by atoms with Crippen LogP contribution in [-0.2, 0) is 0 Å². The zero-order valence-electron chi connectivity index (χ0n) is 13.7. The quantitative estimate of drug-likeness (QED) is 0.804. The van der Waals surface area contributed by atoms with E-state index in [1.54, 1.807) is 7.11 Å². The van der Waals surface area contributed by atoms with Crippen LogP contribution in [-0.4, -0.2) is 43.3 Å². The van der Waals surface area contributed by atoms with E-state index in [9.17, 15) is 0 Å². The molecule has 1 fully saturated rings. The van der Waals surface area contributed by atoms with E-state index in [1.807, 2.05) is 18.2 Å². The third-order valence-corrected chi connectivity index (χ3v) is 4.37. The molecule has 3 aromatic rings. The first-order valence-corrected chi connectivity index (χ1v) is 8.22. The topological polar surface area (TPSA) is 50.3 Å². The molecule has 24 heavy (non-hydrogen) atoms. The Kier molecular flexibility index (Phi) is 4.01. The summed E-state index contributed by atoms with van der Waals surface area (Å²) in [4.78, 5) is 11.7. The van der Waals surface area contributed by atoms with Gasteiger partial charge in [0.05, 0.1) is 7.11 Å². The minimum atomic E-state index is 0.589. The largest absolute Gasteiger partial charge is 0.481 e. The maximum Gasteiger partial charge on any atom is 0.215 e. The van der Waals surface area contributed by atoms with Gasteiger partial charge in [-0.15, -0.1) is 0 Å². The molecule has 1 aliphatic rings. The van der Waals surface area contributed by atoms with Gasteiger partial charge in [-0.25, -0.2) is 4.98 Å². The van der Waals surface area contributed by atoms with Crippen LogP contribution in [0.25, 0.3) is 22.2 Å². The number of nitrogens with zero attached hydrogens (tertiary/aromatic N) is 3. The van der Waals surface area contributed by atoms with E-state index in [0.717, 1.165) is 48.6 Å². The van der Waals surface area contributed by atoms with Crippen LogP contribution in [0.1, 0.15) is 0 Å². The molecule has 1 aliphatic heterocycles. The van der Waals surface area contributed by atoms with Gasteiger partial charge in [0.15, 0.2) is 5.65 Å². The molecule has 0 aliphatic carbocycles. The fourth-order valence-electron chi connectivity index (χ4n) is 3.10. The minimum absolute atomic E-state index is 0.589. The van der Waals surface area contributed by atoms with Crippen molar-refractivity contribution in [3.05, 3.63) is 48.5 Å². The molecular formula is C19H20N4O. The highest BCUT2D eigenvalue weighted by Gasteiger charge is 2.16. The summed E-state index contributed by atoms with van der Waals surface area (Å²) in [6.07, 6.45) is 0. The lowest BCUT2D eigenvalue weighted by molar-refractivity contribution is 0.399. The Labute approximate surface area is 141 Å². The Bertz CT molecular complexity index is 845. The molecule has 0 spiro atoms. The lowest BCUT2D eigenvalue weighted by Crippen LogP contribution is -2.43. The van der Waals surface area contributed by atoms with Gasteiger partial charge < -0.3 is 15.0 Å². The molecule has 0 radical (unpaired) electrons. The molecule has 0 amide bonds. The van der Waals surface area contributed by atoms with Crippen LogP contribution >= 0.6 is 0 Å². The first-order valence-electron chi connectivity index (χ1n) is 8.22. The predicted molar refractivity (Wildman–Crippen MR) is 96.6 cm³/mol. The third-order valence-electron chi connectivity index (χ3n) is 4.37. The van der Waals surface area contributed by atoms with E-state index in [1.165, 1.54) is 5.56 Å². The number of piperazine rings is 1. The first kappa shape index (κ1) is 14.9. The summed E-state index contributed by atoms with van der Waals surface area (Å²) in [6, 6.07) is 16.5.